The van der Waals surface area contributed by atoms with Gasteiger partial charge in [0.05, 0.1) is 5.52 Å². The Morgan fingerprint density at radius 3 is 2.72 bits per heavy atom. The highest BCUT2D eigenvalue weighted by atomic mass is 35.5. The van der Waals surface area contributed by atoms with Crippen LogP contribution in [0.1, 0.15) is 18.9 Å². The zero-order chi connectivity index (χ0) is 13.0. The molecule has 18 heavy (non-hydrogen) atoms. The molecule has 2 aromatic rings. The molecule has 0 N–H and O–H groups in total. The van der Waals surface area contributed by atoms with E-state index in [0.29, 0.717) is 5.88 Å². The lowest BCUT2D eigenvalue weighted by molar-refractivity contribution is 0.780. The molecule has 3 heteroatoms. The van der Waals surface area contributed by atoms with Crippen LogP contribution in [0.4, 0.5) is 5.82 Å². The number of rotatable bonds is 5. The Labute approximate surface area is 114 Å². The van der Waals surface area contributed by atoms with Crippen LogP contribution in [0.2, 0.25) is 0 Å². The number of anilines is 1. The largest absolute Gasteiger partial charge is 0.355 e. The van der Waals surface area contributed by atoms with Gasteiger partial charge in [-0.15, -0.1) is 11.6 Å². The first-order chi connectivity index (χ1) is 8.76. The molecule has 96 valence electrons. The van der Waals surface area contributed by atoms with E-state index in [1.807, 2.05) is 12.1 Å². The highest BCUT2D eigenvalue weighted by molar-refractivity contribution is 6.18. The molecular formula is C15H19ClN2. The summed E-state index contributed by atoms with van der Waals surface area (Å²) >= 11 is 5.88. The fraction of sp³-hybridized carbons (Fsp3) is 0.400. The van der Waals surface area contributed by atoms with Crippen LogP contribution in [0.3, 0.4) is 0 Å². The Hall–Kier alpha value is -1.28. The van der Waals surface area contributed by atoms with E-state index in [1.54, 1.807) is 0 Å². The van der Waals surface area contributed by atoms with Gasteiger partial charge in [0, 0.05) is 24.4 Å². The van der Waals surface area contributed by atoms with Crippen molar-refractivity contribution in [1.82, 2.24) is 4.98 Å². The maximum Gasteiger partial charge on any atom is 0.132 e. The van der Waals surface area contributed by atoms with Gasteiger partial charge >= 0.3 is 0 Å². The Morgan fingerprint density at radius 1 is 1.22 bits per heavy atom. The smallest absolute Gasteiger partial charge is 0.132 e. The van der Waals surface area contributed by atoms with E-state index < -0.39 is 0 Å². The summed E-state index contributed by atoms with van der Waals surface area (Å²) in [6, 6.07) is 10.4. The lowest BCUT2D eigenvalue weighted by Gasteiger charge is -2.24. The summed E-state index contributed by atoms with van der Waals surface area (Å²) < 4.78 is 0. The fourth-order valence-electron chi connectivity index (χ4n) is 2.23. The SMILES string of the molecule is CCCN(CCCl)c1nc2ccccc2cc1C. The summed E-state index contributed by atoms with van der Waals surface area (Å²) in [4.78, 5) is 7.05. The third-order valence-electron chi connectivity index (χ3n) is 3.04. The molecule has 0 radical (unpaired) electrons. The first kappa shape index (κ1) is 13.2. The van der Waals surface area contributed by atoms with Gasteiger partial charge in [0.25, 0.3) is 0 Å². The monoisotopic (exact) mass is 262 g/mol. The lowest BCUT2D eigenvalue weighted by atomic mass is 10.1. The summed E-state index contributed by atoms with van der Waals surface area (Å²) in [6.45, 7) is 6.14. The van der Waals surface area contributed by atoms with Crippen LogP contribution in [-0.4, -0.2) is 24.0 Å². The van der Waals surface area contributed by atoms with Gasteiger partial charge in [-0.2, -0.15) is 0 Å². The van der Waals surface area contributed by atoms with E-state index in [9.17, 15) is 0 Å². The second-order valence-corrected chi connectivity index (χ2v) is 4.88. The molecular weight excluding hydrogens is 244 g/mol. The van der Waals surface area contributed by atoms with Gasteiger partial charge in [-0.1, -0.05) is 25.1 Å². The minimum atomic E-state index is 0.633. The Kier molecular flexibility index (Phi) is 4.43. The Balaban J connectivity index is 2.44. The van der Waals surface area contributed by atoms with Crippen LogP contribution < -0.4 is 4.90 Å². The maximum atomic E-state index is 5.88. The van der Waals surface area contributed by atoms with Crippen molar-refractivity contribution in [2.45, 2.75) is 20.3 Å². The number of alkyl halides is 1. The normalized spacial score (nSPS) is 10.8. The summed E-state index contributed by atoms with van der Waals surface area (Å²) in [5.74, 6) is 1.70. The van der Waals surface area contributed by atoms with Crippen molar-refractivity contribution >= 4 is 28.3 Å². The second kappa shape index (κ2) is 6.05. The van der Waals surface area contributed by atoms with Gasteiger partial charge in [-0.25, -0.2) is 4.98 Å². The minimum Gasteiger partial charge on any atom is -0.355 e. The van der Waals surface area contributed by atoms with E-state index in [4.69, 9.17) is 16.6 Å². The number of hydrogen-bond donors (Lipinski definition) is 0. The molecule has 2 rings (SSSR count). The maximum absolute atomic E-state index is 5.88. The average Bonchev–Trinajstić information content (AvgIpc) is 2.38. The molecule has 0 saturated heterocycles. The average molecular weight is 263 g/mol. The molecule has 0 amide bonds. The van der Waals surface area contributed by atoms with Crippen LogP contribution in [0.15, 0.2) is 30.3 Å². The molecule has 1 heterocycles. The molecule has 0 bridgehead atoms. The highest BCUT2D eigenvalue weighted by Crippen LogP contribution is 2.23. The van der Waals surface area contributed by atoms with Crippen molar-refractivity contribution in [3.05, 3.63) is 35.9 Å². The third-order valence-corrected chi connectivity index (χ3v) is 3.20. The molecule has 1 aromatic heterocycles. The van der Waals surface area contributed by atoms with Crippen LogP contribution >= 0.6 is 11.6 Å². The lowest BCUT2D eigenvalue weighted by Crippen LogP contribution is -2.28. The third kappa shape index (κ3) is 2.75. The standard InChI is InChI=1S/C15H19ClN2/c1-3-9-18(10-8-16)15-12(2)11-13-6-4-5-7-14(13)17-15/h4-7,11H,3,8-10H2,1-2H3. The van der Waals surface area contributed by atoms with Crippen molar-refractivity contribution in [2.24, 2.45) is 0 Å². The molecule has 2 nitrogen and oxygen atoms in total. The minimum absolute atomic E-state index is 0.633. The summed E-state index contributed by atoms with van der Waals surface area (Å²) in [7, 11) is 0. The quantitative estimate of drug-likeness (QED) is 0.758. The van der Waals surface area contributed by atoms with Gasteiger partial charge in [0.15, 0.2) is 0 Å². The van der Waals surface area contributed by atoms with Crippen molar-refractivity contribution in [1.29, 1.82) is 0 Å². The van der Waals surface area contributed by atoms with Gasteiger partial charge in [-0.3, -0.25) is 0 Å². The summed E-state index contributed by atoms with van der Waals surface area (Å²) in [6.07, 6.45) is 1.10. The van der Waals surface area contributed by atoms with Crippen LogP contribution in [0.25, 0.3) is 10.9 Å². The van der Waals surface area contributed by atoms with Crippen LogP contribution in [0, 0.1) is 6.92 Å². The number of para-hydroxylation sites is 1. The number of nitrogens with zero attached hydrogens (tertiary/aromatic N) is 2. The van der Waals surface area contributed by atoms with E-state index in [-0.39, 0.29) is 0 Å². The summed E-state index contributed by atoms with van der Waals surface area (Å²) in [5, 5.41) is 1.20. The van der Waals surface area contributed by atoms with Crippen molar-refractivity contribution in [3.63, 3.8) is 0 Å². The predicted molar refractivity (Wildman–Crippen MR) is 79.7 cm³/mol. The van der Waals surface area contributed by atoms with Gasteiger partial charge < -0.3 is 4.90 Å². The first-order valence-electron chi connectivity index (χ1n) is 6.43. The zero-order valence-corrected chi connectivity index (χ0v) is 11.7. The number of fused-ring (bicyclic) bond motifs is 1. The molecule has 0 aliphatic rings. The van der Waals surface area contributed by atoms with Crippen LogP contribution in [-0.2, 0) is 0 Å². The second-order valence-electron chi connectivity index (χ2n) is 4.50. The number of halogens is 1. The van der Waals surface area contributed by atoms with E-state index in [1.165, 1.54) is 10.9 Å². The topological polar surface area (TPSA) is 16.1 Å². The number of benzene rings is 1. The Bertz CT molecular complexity index is 519. The number of aryl methyl sites for hydroxylation is 1. The van der Waals surface area contributed by atoms with E-state index in [2.05, 4.69) is 36.9 Å². The predicted octanol–water partition coefficient (Wildman–Crippen LogP) is 4.00. The number of aromatic nitrogens is 1. The molecule has 0 fully saturated rings. The van der Waals surface area contributed by atoms with Crippen LogP contribution in [0.5, 0.6) is 0 Å². The highest BCUT2D eigenvalue weighted by Gasteiger charge is 2.10. The molecule has 0 unspecified atom stereocenters. The number of hydrogen-bond acceptors (Lipinski definition) is 2. The van der Waals surface area contributed by atoms with Gasteiger partial charge in [-0.05, 0) is 31.0 Å². The van der Waals surface area contributed by atoms with Gasteiger partial charge in [0.1, 0.15) is 5.82 Å². The summed E-state index contributed by atoms with van der Waals surface area (Å²) in [5.41, 5.74) is 2.26. The molecule has 1 aromatic carbocycles. The van der Waals surface area contributed by atoms with E-state index in [0.717, 1.165) is 30.8 Å². The molecule has 0 aliphatic heterocycles. The van der Waals surface area contributed by atoms with Gasteiger partial charge in [0.2, 0.25) is 0 Å². The zero-order valence-electron chi connectivity index (χ0n) is 11.0. The van der Waals surface area contributed by atoms with Crippen molar-refractivity contribution in [3.8, 4) is 0 Å². The molecule has 0 spiro atoms. The van der Waals surface area contributed by atoms with E-state index >= 15 is 0 Å². The molecule has 0 saturated carbocycles. The number of pyridine rings is 1. The fourth-order valence-corrected chi connectivity index (χ4v) is 2.43. The molecule has 0 aliphatic carbocycles. The van der Waals surface area contributed by atoms with Crippen molar-refractivity contribution in [2.75, 3.05) is 23.9 Å². The first-order valence-corrected chi connectivity index (χ1v) is 6.97. The van der Waals surface area contributed by atoms with Crippen molar-refractivity contribution < 1.29 is 0 Å². The Morgan fingerprint density at radius 2 is 2.00 bits per heavy atom. The molecule has 0 atom stereocenters.